The highest BCUT2D eigenvalue weighted by Gasteiger charge is 2.19. The number of benzene rings is 1. The van der Waals surface area contributed by atoms with Crippen molar-refractivity contribution in [1.29, 1.82) is 0 Å². The van der Waals surface area contributed by atoms with Crippen LogP contribution in [0.3, 0.4) is 0 Å². The van der Waals surface area contributed by atoms with Crippen LogP contribution in [0.2, 0.25) is 0 Å². The second kappa shape index (κ2) is 7.84. The van der Waals surface area contributed by atoms with Crippen LogP contribution in [0, 0.1) is 0 Å². The quantitative estimate of drug-likeness (QED) is 0.812. The highest BCUT2D eigenvalue weighted by atomic mass is 32.2. The first-order valence-electron chi connectivity index (χ1n) is 6.09. The van der Waals surface area contributed by atoms with E-state index in [1.54, 1.807) is 23.9 Å². The van der Waals surface area contributed by atoms with Gasteiger partial charge in [0.25, 0.3) is 5.91 Å². The number of rotatable bonds is 6. The molecular formula is C14H19NO3S. The van der Waals surface area contributed by atoms with Gasteiger partial charge >= 0.3 is 5.97 Å². The van der Waals surface area contributed by atoms with E-state index in [1.165, 1.54) is 12.7 Å². The maximum absolute atomic E-state index is 12.0. The smallest absolute Gasteiger partial charge is 0.328 e. The lowest BCUT2D eigenvalue weighted by atomic mass is 10.1. The monoisotopic (exact) mass is 281 g/mol. The summed E-state index contributed by atoms with van der Waals surface area (Å²) >= 11 is 1.73. The summed E-state index contributed by atoms with van der Waals surface area (Å²) in [6.07, 6.45) is 2.53. The number of hydrogen-bond acceptors (Lipinski definition) is 4. The van der Waals surface area contributed by atoms with E-state index in [-0.39, 0.29) is 5.91 Å². The summed E-state index contributed by atoms with van der Waals surface area (Å²) in [6, 6.07) is 6.79. The zero-order valence-electron chi connectivity index (χ0n) is 11.4. The highest BCUT2D eigenvalue weighted by molar-refractivity contribution is 7.97. The zero-order valence-corrected chi connectivity index (χ0v) is 12.3. The lowest BCUT2D eigenvalue weighted by Crippen LogP contribution is -2.41. The summed E-state index contributed by atoms with van der Waals surface area (Å²) in [5.41, 5.74) is 1.72. The second-order valence-corrected chi connectivity index (χ2v) is 4.95. The first-order chi connectivity index (χ1) is 9.12. The Kier molecular flexibility index (Phi) is 6.42. The van der Waals surface area contributed by atoms with E-state index < -0.39 is 12.0 Å². The van der Waals surface area contributed by atoms with Gasteiger partial charge in [0.1, 0.15) is 6.04 Å². The molecule has 4 nitrogen and oxygen atoms in total. The molecule has 1 amide bonds. The van der Waals surface area contributed by atoms with Crippen molar-refractivity contribution >= 4 is 23.6 Å². The molecule has 0 aliphatic heterocycles. The maximum Gasteiger partial charge on any atom is 0.328 e. The standard InChI is InChI=1S/C14H19NO3S/c1-4-12(14(17)18-2)15-13(16)11-7-5-10(6-8-11)9-19-3/h5-8,12H,4,9H2,1-3H3,(H,15,16). The minimum Gasteiger partial charge on any atom is -0.467 e. The number of hydrogen-bond donors (Lipinski definition) is 1. The molecule has 0 saturated heterocycles. The minimum absolute atomic E-state index is 0.257. The third-order valence-corrected chi connectivity index (χ3v) is 3.35. The summed E-state index contributed by atoms with van der Waals surface area (Å²) < 4.78 is 4.63. The predicted molar refractivity (Wildman–Crippen MR) is 77.2 cm³/mol. The van der Waals surface area contributed by atoms with Gasteiger partial charge in [-0.1, -0.05) is 19.1 Å². The number of esters is 1. The van der Waals surface area contributed by atoms with Crippen LogP contribution in [0.5, 0.6) is 0 Å². The molecule has 0 heterocycles. The van der Waals surface area contributed by atoms with Crippen molar-refractivity contribution in [2.24, 2.45) is 0 Å². The molecule has 0 radical (unpaired) electrons. The fourth-order valence-electron chi connectivity index (χ4n) is 1.63. The molecule has 1 aromatic rings. The largest absolute Gasteiger partial charge is 0.467 e. The Morgan fingerprint density at radius 3 is 2.42 bits per heavy atom. The van der Waals surface area contributed by atoms with Crippen molar-refractivity contribution in [3.63, 3.8) is 0 Å². The number of ether oxygens (including phenoxy) is 1. The van der Waals surface area contributed by atoms with Crippen LogP contribution < -0.4 is 5.32 Å². The number of methoxy groups -OCH3 is 1. The van der Waals surface area contributed by atoms with E-state index in [0.29, 0.717) is 12.0 Å². The normalized spacial score (nSPS) is 11.7. The van der Waals surface area contributed by atoms with Gasteiger partial charge in [-0.2, -0.15) is 11.8 Å². The van der Waals surface area contributed by atoms with Crippen molar-refractivity contribution < 1.29 is 14.3 Å². The lowest BCUT2D eigenvalue weighted by molar-refractivity contribution is -0.142. The second-order valence-electron chi connectivity index (χ2n) is 4.09. The molecule has 0 bridgehead atoms. The van der Waals surface area contributed by atoms with Gasteiger partial charge in [-0.15, -0.1) is 0 Å². The Morgan fingerprint density at radius 1 is 1.32 bits per heavy atom. The summed E-state index contributed by atoms with van der Waals surface area (Å²) in [5.74, 6) is 0.240. The Hall–Kier alpha value is -1.49. The van der Waals surface area contributed by atoms with Crippen molar-refractivity contribution in [2.45, 2.75) is 25.1 Å². The van der Waals surface area contributed by atoms with Crippen LogP contribution in [-0.2, 0) is 15.3 Å². The molecule has 0 saturated carbocycles. The molecule has 1 rings (SSSR count). The van der Waals surface area contributed by atoms with Gasteiger partial charge in [0.15, 0.2) is 0 Å². The van der Waals surface area contributed by atoms with E-state index >= 15 is 0 Å². The SMILES string of the molecule is CCC(NC(=O)c1ccc(CSC)cc1)C(=O)OC. The van der Waals surface area contributed by atoms with Crippen LogP contribution in [0.4, 0.5) is 0 Å². The number of carbonyl (C=O) groups is 2. The number of amides is 1. The molecule has 0 fully saturated rings. The summed E-state index contributed by atoms with van der Waals surface area (Å²) in [7, 11) is 1.31. The third-order valence-electron chi connectivity index (χ3n) is 2.73. The Labute approximate surface area is 117 Å². The van der Waals surface area contributed by atoms with Crippen LogP contribution >= 0.6 is 11.8 Å². The van der Waals surface area contributed by atoms with E-state index in [2.05, 4.69) is 10.1 Å². The van der Waals surface area contributed by atoms with Gasteiger partial charge in [0.05, 0.1) is 7.11 Å². The molecule has 1 atom stereocenters. The summed E-state index contributed by atoms with van der Waals surface area (Å²) in [4.78, 5) is 23.4. The van der Waals surface area contributed by atoms with Gasteiger partial charge in [-0.25, -0.2) is 4.79 Å². The fraction of sp³-hybridized carbons (Fsp3) is 0.429. The van der Waals surface area contributed by atoms with E-state index in [4.69, 9.17) is 0 Å². The van der Waals surface area contributed by atoms with Crippen molar-refractivity contribution in [1.82, 2.24) is 5.32 Å². The first kappa shape index (κ1) is 15.6. The molecule has 5 heteroatoms. The summed E-state index contributed by atoms with van der Waals surface area (Å²) in [5, 5.41) is 2.67. The Bertz CT molecular complexity index is 431. The van der Waals surface area contributed by atoms with E-state index in [1.807, 2.05) is 25.3 Å². The Morgan fingerprint density at radius 2 is 1.95 bits per heavy atom. The molecule has 0 aliphatic rings. The van der Waals surface area contributed by atoms with Crippen LogP contribution in [-0.4, -0.2) is 31.3 Å². The van der Waals surface area contributed by atoms with Crippen molar-refractivity contribution in [2.75, 3.05) is 13.4 Å². The third kappa shape index (κ3) is 4.59. The number of carbonyl (C=O) groups excluding carboxylic acids is 2. The van der Waals surface area contributed by atoms with Crippen molar-refractivity contribution in [3.8, 4) is 0 Å². The Balaban J connectivity index is 2.69. The number of thioether (sulfide) groups is 1. The van der Waals surface area contributed by atoms with Crippen LogP contribution in [0.25, 0.3) is 0 Å². The highest BCUT2D eigenvalue weighted by Crippen LogP contribution is 2.11. The molecule has 1 N–H and O–H groups in total. The first-order valence-corrected chi connectivity index (χ1v) is 7.48. The molecule has 104 valence electrons. The minimum atomic E-state index is -0.594. The topological polar surface area (TPSA) is 55.4 Å². The predicted octanol–water partition coefficient (Wildman–Crippen LogP) is 2.23. The van der Waals surface area contributed by atoms with E-state index in [0.717, 1.165) is 5.75 Å². The number of nitrogens with one attached hydrogen (secondary N) is 1. The molecule has 0 spiro atoms. The van der Waals surface area contributed by atoms with E-state index in [9.17, 15) is 9.59 Å². The summed E-state index contributed by atoms with van der Waals surface area (Å²) in [6.45, 7) is 1.82. The molecule has 0 aliphatic carbocycles. The average molecular weight is 281 g/mol. The lowest BCUT2D eigenvalue weighted by Gasteiger charge is -2.14. The van der Waals surface area contributed by atoms with Gasteiger partial charge in [-0.3, -0.25) is 4.79 Å². The van der Waals surface area contributed by atoms with Gasteiger partial charge in [0, 0.05) is 11.3 Å². The average Bonchev–Trinajstić information content (AvgIpc) is 2.44. The molecular weight excluding hydrogens is 262 g/mol. The molecule has 0 aromatic heterocycles. The zero-order chi connectivity index (χ0) is 14.3. The van der Waals surface area contributed by atoms with Gasteiger partial charge < -0.3 is 10.1 Å². The molecule has 1 unspecified atom stereocenters. The van der Waals surface area contributed by atoms with Gasteiger partial charge in [0.2, 0.25) is 0 Å². The van der Waals surface area contributed by atoms with Crippen LogP contribution in [0.1, 0.15) is 29.3 Å². The fourth-order valence-corrected chi connectivity index (χ4v) is 2.16. The molecule has 1 aromatic carbocycles. The van der Waals surface area contributed by atoms with Crippen LogP contribution in [0.15, 0.2) is 24.3 Å². The molecule has 19 heavy (non-hydrogen) atoms. The van der Waals surface area contributed by atoms with Gasteiger partial charge in [-0.05, 0) is 30.4 Å². The maximum atomic E-state index is 12.0. The van der Waals surface area contributed by atoms with Crippen molar-refractivity contribution in [3.05, 3.63) is 35.4 Å².